The van der Waals surface area contributed by atoms with E-state index in [-0.39, 0.29) is 17.2 Å². The number of methoxy groups -OCH3 is 2. The average Bonchev–Trinajstić information content (AvgIpc) is 3.02. The molecule has 0 spiro atoms. The second kappa shape index (κ2) is 5.66. The van der Waals surface area contributed by atoms with E-state index in [1.807, 2.05) is 30.3 Å². The van der Waals surface area contributed by atoms with Gasteiger partial charge in [-0.2, -0.15) is 10.1 Å². The topological polar surface area (TPSA) is 86.6 Å². The molecule has 0 fully saturated rings. The number of hydrogen-bond acceptors (Lipinski definition) is 6. The Bertz CT molecular complexity index is 1220. The van der Waals surface area contributed by atoms with Gasteiger partial charge in [0.1, 0.15) is 5.69 Å². The summed E-state index contributed by atoms with van der Waals surface area (Å²) < 4.78 is 12.5. The first kappa shape index (κ1) is 16.5. The maximum absolute atomic E-state index is 13.5. The van der Waals surface area contributed by atoms with E-state index in [1.165, 1.54) is 14.2 Å². The summed E-state index contributed by atoms with van der Waals surface area (Å²) >= 11 is 0. The fourth-order valence-corrected chi connectivity index (χ4v) is 3.94. The molecule has 0 aliphatic carbocycles. The van der Waals surface area contributed by atoms with E-state index in [0.717, 1.165) is 5.56 Å². The predicted molar refractivity (Wildman–Crippen MR) is 101 cm³/mol. The van der Waals surface area contributed by atoms with Crippen molar-refractivity contribution in [2.75, 3.05) is 19.1 Å². The number of aryl methyl sites for hydroxylation is 1. The molecule has 0 saturated heterocycles. The monoisotopic (exact) mass is 376 g/mol. The Kier molecular flexibility index (Phi) is 3.33. The standard InChI is InChI=1S/C20H16N4O4/c1-10-18(25)21-17-11-6-4-5-7-13(11)23-19(24(17)22-10)12-8-9-14(27-2)16(28-3)15(12)20(23)26/h4-9,19H,1-3H3/t19-/m0/s1. The number of fused-ring (bicyclic) bond motifs is 8. The zero-order valence-corrected chi connectivity index (χ0v) is 15.5. The van der Waals surface area contributed by atoms with Gasteiger partial charge in [-0.15, -0.1) is 0 Å². The number of rotatable bonds is 2. The second-order valence-corrected chi connectivity index (χ2v) is 6.60. The van der Waals surface area contributed by atoms with Gasteiger partial charge >= 0.3 is 0 Å². The number of amides is 1. The third-order valence-corrected chi connectivity index (χ3v) is 5.16. The molecule has 5 rings (SSSR count). The fourth-order valence-electron chi connectivity index (χ4n) is 3.94. The van der Waals surface area contributed by atoms with Crippen LogP contribution in [0.5, 0.6) is 11.5 Å². The normalized spacial score (nSPS) is 16.2. The van der Waals surface area contributed by atoms with Crippen LogP contribution >= 0.6 is 0 Å². The van der Waals surface area contributed by atoms with Crippen molar-refractivity contribution >= 4 is 11.6 Å². The van der Waals surface area contributed by atoms with Gasteiger partial charge in [-0.1, -0.05) is 18.2 Å². The summed E-state index contributed by atoms with van der Waals surface area (Å²) in [7, 11) is 3.03. The highest BCUT2D eigenvalue weighted by Crippen LogP contribution is 2.50. The minimum Gasteiger partial charge on any atom is -0.493 e. The Morgan fingerprint density at radius 3 is 2.57 bits per heavy atom. The van der Waals surface area contributed by atoms with Crippen LogP contribution in [0.1, 0.15) is 27.8 Å². The van der Waals surface area contributed by atoms with E-state index in [4.69, 9.17) is 9.47 Å². The van der Waals surface area contributed by atoms with Crippen LogP contribution in [0.2, 0.25) is 0 Å². The number of benzene rings is 2. The van der Waals surface area contributed by atoms with Crippen LogP contribution in [-0.2, 0) is 0 Å². The molecule has 0 saturated carbocycles. The van der Waals surface area contributed by atoms with E-state index in [1.54, 1.807) is 22.6 Å². The summed E-state index contributed by atoms with van der Waals surface area (Å²) in [4.78, 5) is 31.6. The fraction of sp³-hybridized carbons (Fsp3) is 0.200. The third-order valence-electron chi connectivity index (χ3n) is 5.16. The van der Waals surface area contributed by atoms with E-state index in [9.17, 15) is 9.59 Å². The molecule has 0 unspecified atom stereocenters. The van der Waals surface area contributed by atoms with Crippen molar-refractivity contribution in [2.45, 2.75) is 13.1 Å². The number of carbonyl (C=O) groups is 1. The molecule has 1 amide bonds. The molecule has 8 nitrogen and oxygen atoms in total. The van der Waals surface area contributed by atoms with Crippen molar-refractivity contribution in [3.8, 4) is 22.9 Å². The molecule has 0 bridgehead atoms. The average molecular weight is 376 g/mol. The highest BCUT2D eigenvalue weighted by molar-refractivity contribution is 6.15. The van der Waals surface area contributed by atoms with Crippen LogP contribution in [0, 0.1) is 6.92 Å². The van der Waals surface area contributed by atoms with Crippen molar-refractivity contribution in [2.24, 2.45) is 0 Å². The maximum atomic E-state index is 13.5. The number of hydrogen-bond donors (Lipinski definition) is 0. The molecule has 2 aromatic carbocycles. The first-order valence-electron chi connectivity index (χ1n) is 8.72. The SMILES string of the molecule is COc1ccc2c(c1OC)C(=O)N1c3ccccc3-c3nc(=O)c(C)nn3[C@@H]21. The predicted octanol–water partition coefficient (Wildman–Crippen LogP) is 2.15. The van der Waals surface area contributed by atoms with Gasteiger partial charge in [0.15, 0.2) is 23.5 Å². The van der Waals surface area contributed by atoms with Crippen LogP contribution in [0.15, 0.2) is 41.2 Å². The van der Waals surface area contributed by atoms with Crippen LogP contribution < -0.4 is 19.9 Å². The van der Waals surface area contributed by atoms with E-state index in [2.05, 4.69) is 10.1 Å². The first-order chi connectivity index (χ1) is 13.6. The molecular weight excluding hydrogens is 360 g/mol. The summed E-state index contributed by atoms with van der Waals surface area (Å²) in [6.45, 7) is 1.61. The van der Waals surface area contributed by atoms with E-state index in [0.29, 0.717) is 34.1 Å². The molecule has 1 aromatic heterocycles. The first-order valence-corrected chi connectivity index (χ1v) is 8.72. The van der Waals surface area contributed by atoms with Crippen molar-refractivity contribution in [3.63, 3.8) is 0 Å². The van der Waals surface area contributed by atoms with Gasteiger partial charge < -0.3 is 9.47 Å². The summed E-state index contributed by atoms with van der Waals surface area (Å²) in [6, 6.07) is 10.9. The quantitative estimate of drug-likeness (QED) is 0.681. The van der Waals surface area contributed by atoms with Crippen LogP contribution in [0.25, 0.3) is 11.4 Å². The second-order valence-electron chi connectivity index (χ2n) is 6.60. The van der Waals surface area contributed by atoms with Crippen molar-refractivity contribution in [1.82, 2.24) is 14.8 Å². The smallest absolute Gasteiger partial charge is 0.294 e. The number of carbonyl (C=O) groups excluding carboxylic acids is 1. The molecule has 1 atom stereocenters. The Hall–Kier alpha value is -3.68. The Morgan fingerprint density at radius 1 is 1.04 bits per heavy atom. The lowest BCUT2D eigenvalue weighted by Crippen LogP contribution is -2.39. The van der Waals surface area contributed by atoms with E-state index < -0.39 is 6.17 Å². The van der Waals surface area contributed by atoms with Crippen LogP contribution in [-0.4, -0.2) is 34.9 Å². The van der Waals surface area contributed by atoms with E-state index >= 15 is 0 Å². The molecule has 0 radical (unpaired) electrons. The van der Waals surface area contributed by atoms with Crippen molar-refractivity contribution in [3.05, 3.63) is 63.6 Å². The van der Waals surface area contributed by atoms with Crippen LogP contribution in [0.3, 0.4) is 0 Å². The van der Waals surface area contributed by atoms with Gasteiger partial charge in [0.25, 0.3) is 11.5 Å². The van der Waals surface area contributed by atoms with Gasteiger partial charge in [-0.3, -0.25) is 14.5 Å². The maximum Gasteiger partial charge on any atom is 0.294 e. The molecule has 2 aliphatic rings. The highest BCUT2D eigenvalue weighted by atomic mass is 16.5. The molecule has 2 aliphatic heterocycles. The summed E-state index contributed by atoms with van der Waals surface area (Å²) in [5.41, 5.74) is 2.38. The number of para-hydroxylation sites is 1. The number of anilines is 1. The Morgan fingerprint density at radius 2 is 1.82 bits per heavy atom. The molecular formula is C20H16N4O4. The minimum atomic E-state index is -0.556. The van der Waals surface area contributed by atoms with Crippen molar-refractivity contribution < 1.29 is 14.3 Å². The van der Waals surface area contributed by atoms with Gasteiger partial charge in [0, 0.05) is 11.1 Å². The molecule has 8 heteroatoms. The van der Waals surface area contributed by atoms with Gasteiger partial charge in [-0.25, -0.2) is 4.68 Å². The lowest BCUT2D eigenvalue weighted by atomic mass is 10.0. The number of ether oxygens (including phenoxy) is 2. The van der Waals surface area contributed by atoms with Crippen molar-refractivity contribution in [1.29, 1.82) is 0 Å². The molecule has 140 valence electrons. The number of aromatic nitrogens is 3. The van der Waals surface area contributed by atoms with Gasteiger partial charge in [-0.05, 0) is 25.1 Å². The van der Waals surface area contributed by atoms with Gasteiger partial charge in [0.2, 0.25) is 0 Å². The minimum absolute atomic E-state index is 0.216. The summed E-state index contributed by atoms with van der Waals surface area (Å²) in [6.07, 6.45) is -0.556. The van der Waals surface area contributed by atoms with Gasteiger partial charge in [0.05, 0.1) is 25.5 Å². The number of nitrogens with zero attached hydrogens (tertiary/aromatic N) is 4. The summed E-state index contributed by atoms with van der Waals surface area (Å²) in [5, 5.41) is 4.46. The highest BCUT2D eigenvalue weighted by Gasteiger charge is 2.46. The molecule has 3 heterocycles. The largest absolute Gasteiger partial charge is 0.493 e. The molecule has 28 heavy (non-hydrogen) atoms. The zero-order chi connectivity index (χ0) is 19.6. The third kappa shape index (κ3) is 1.94. The molecule has 3 aromatic rings. The summed E-state index contributed by atoms with van der Waals surface area (Å²) in [5.74, 6) is 1.07. The lowest BCUT2D eigenvalue weighted by Gasteiger charge is -2.34. The Balaban J connectivity index is 1.88. The molecule has 0 N–H and O–H groups in total. The van der Waals surface area contributed by atoms with Crippen LogP contribution in [0.4, 0.5) is 5.69 Å². The lowest BCUT2D eigenvalue weighted by molar-refractivity contribution is 0.0983. The zero-order valence-electron chi connectivity index (χ0n) is 15.5. The Labute approximate surface area is 160 Å².